The van der Waals surface area contributed by atoms with E-state index in [2.05, 4.69) is 31.2 Å². The summed E-state index contributed by atoms with van der Waals surface area (Å²) in [7, 11) is 0. The summed E-state index contributed by atoms with van der Waals surface area (Å²) in [5.74, 6) is 1.76. The SMILES string of the molecule is CCNc1ncc(Br)c(OCC2CCOCC2)n1. The van der Waals surface area contributed by atoms with Gasteiger partial charge in [-0.15, -0.1) is 0 Å². The van der Waals surface area contributed by atoms with Gasteiger partial charge in [-0.1, -0.05) is 0 Å². The lowest BCUT2D eigenvalue weighted by molar-refractivity contribution is 0.0489. The summed E-state index contributed by atoms with van der Waals surface area (Å²) in [4.78, 5) is 8.48. The zero-order valence-electron chi connectivity index (χ0n) is 10.5. The van der Waals surface area contributed by atoms with Gasteiger partial charge in [0, 0.05) is 19.8 Å². The minimum Gasteiger partial charge on any atom is -0.476 e. The first-order valence-corrected chi connectivity index (χ1v) is 7.06. The van der Waals surface area contributed by atoms with Crippen molar-refractivity contribution < 1.29 is 9.47 Å². The van der Waals surface area contributed by atoms with Crippen LogP contribution in [0.3, 0.4) is 0 Å². The lowest BCUT2D eigenvalue weighted by atomic mass is 10.0. The van der Waals surface area contributed by atoms with E-state index in [9.17, 15) is 0 Å². The summed E-state index contributed by atoms with van der Waals surface area (Å²) < 4.78 is 11.9. The van der Waals surface area contributed by atoms with Gasteiger partial charge in [-0.3, -0.25) is 0 Å². The smallest absolute Gasteiger partial charge is 0.232 e. The molecule has 0 unspecified atom stereocenters. The van der Waals surface area contributed by atoms with Crippen LogP contribution in [0.25, 0.3) is 0 Å². The van der Waals surface area contributed by atoms with Crippen molar-refractivity contribution in [2.75, 3.05) is 31.7 Å². The summed E-state index contributed by atoms with van der Waals surface area (Å²) in [5.41, 5.74) is 0. The fraction of sp³-hybridized carbons (Fsp3) is 0.667. The second-order valence-electron chi connectivity index (χ2n) is 4.24. The predicted octanol–water partition coefficient (Wildman–Crippen LogP) is 2.48. The topological polar surface area (TPSA) is 56.3 Å². The largest absolute Gasteiger partial charge is 0.476 e. The normalized spacial score (nSPS) is 16.6. The molecule has 0 atom stereocenters. The van der Waals surface area contributed by atoms with Crippen LogP contribution in [0.15, 0.2) is 10.7 Å². The van der Waals surface area contributed by atoms with Crippen LogP contribution < -0.4 is 10.1 Å². The molecule has 0 radical (unpaired) electrons. The number of anilines is 1. The molecule has 1 N–H and O–H groups in total. The maximum atomic E-state index is 5.77. The molecule has 0 saturated carbocycles. The Morgan fingerprint density at radius 2 is 2.28 bits per heavy atom. The van der Waals surface area contributed by atoms with Gasteiger partial charge in [-0.2, -0.15) is 4.98 Å². The predicted molar refractivity (Wildman–Crippen MR) is 72.9 cm³/mol. The van der Waals surface area contributed by atoms with Gasteiger partial charge < -0.3 is 14.8 Å². The first kappa shape index (κ1) is 13.5. The van der Waals surface area contributed by atoms with Gasteiger partial charge in [0.2, 0.25) is 11.8 Å². The summed E-state index contributed by atoms with van der Waals surface area (Å²) in [6, 6.07) is 0. The highest BCUT2D eigenvalue weighted by Crippen LogP contribution is 2.24. The zero-order valence-corrected chi connectivity index (χ0v) is 12.1. The van der Waals surface area contributed by atoms with Crippen molar-refractivity contribution in [3.63, 3.8) is 0 Å². The van der Waals surface area contributed by atoms with E-state index >= 15 is 0 Å². The van der Waals surface area contributed by atoms with E-state index < -0.39 is 0 Å². The van der Waals surface area contributed by atoms with Gasteiger partial charge in [-0.05, 0) is 41.6 Å². The second kappa shape index (κ2) is 6.89. The summed E-state index contributed by atoms with van der Waals surface area (Å²) >= 11 is 3.40. The van der Waals surface area contributed by atoms with Crippen molar-refractivity contribution >= 4 is 21.9 Å². The number of rotatable bonds is 5. The Hall–Kier alpha value is -0.880. The summed E-state index contributed by atoms with van der Waals surface area (Å²) in [6.45, 7) is 5.16. The molecule has 5 nitrogen and oxygen atoms in total. The summed E-state index contributed by atoms with van der Waals surface area (Å²) in [6.07, 6.45) is 3.83. The van der Waals surface area contributed by atoms with Crippen LogP contribution in [0.1, 0.15) is 19.8 Å². The number of ether oxygens (including phenoxy) is 2. The molecule has 1 saturated heterocycles. The van der Waals surface area contributed by atoms with Crippen molar-refractivity contribution in [3.8, 4) is 5.88 Å². The second-order valence-corrected chi connectivity index (χ2v) is 5.10. The molecule has 1 aromatic rings. The van der Waals surface area contributed by atoms with E-state index in [1.165, 1.54) is 0 Å². The van der Waals surface area contributed by atoms with Gasteiger partial charge in [0.25, 0.3) is 0 Å². The monoisotopic (exact) mass is 315 g/mol. The van der Waals surface area contributed by atoms with Crippen LogP contribution in [0, 0.1) is 5.92 Å². The highest BCUT2D eigenvalue weighted by Gasteiger charge is 2.15. The Labute approximate surface area is 115 Å². The van der Waals surface area contributed by atoms with Crippen LogP contribution in [0.5, 0.6) is 5.88 Å². The van der Waals surface area contributed by atoms with Crippen molar-refractivity contribution in [3.05, 3.63) is 10.7 Å². The van der Waals surface area contributed by atoms with Gasteiger partial charge >= 0.3 is 0 Å². The number of aromatic nitrogens is 2. The minimum atomic E-state index is 0.559. The molecule has 0 bridgehead atoms. The third-order valence-electron chi connectivity index (χ3n) is 2.84. The highest BCUT2D eigenvalue weighted by molar-refractivity contribution is 9.10. The third kappa shape index (κ3) is 3.81. The molecule has 18 heavy (non-hydrogen) atoms. The van der Waals surface area contributed by atoms with Crippen LogP contribution in [-0.2, 0) is 4.74 Å². The molecule has 0 spiro atoms. The van der Waals surface area contributed by atoms with Gasteiger partial charge in [0.1, 0.15) is 0 Å². The molecule has 1 aliphatic rings. The highest BCUT2D eigenvalue weighted by atomic mass is 79.9. The average molecular weight is 316 g/mol. The van der Waals surface area contributed by atoms with Gasteiger partial charge in [0.05, 0.1) is 17.3 Å². The molecule has 100 valence electrons. The molecule has 0 aliphatic carbocycles. The molecule has 0 aromatic carbocycles. The standard InChI is InChI=1S/C12H18BrN3O2/c1-2-14-12-15-7-10(13)11(16-12)18-8-9-3-5-17-6-4-9/h7,9H,2-6,8H2,1H3,(H,14,15,16). The van der Waals surface area contributed by atoms with Crippen LogP contribution in [-0.4, -0.2) is 36.3 Å². The van der Waals surface area contributed by atoms with Crippen LogP contribution in [0.4, 0.5) is 5.95 Å². The first-order valence-electron chi connectivity index (χ1n) is 6.26. The first-order chi connectivity index (χ1) is 8.79. The molecular weight excluding hydrogens is 298 g/mol. The van der Waals surface area contributed by atoms with Crippen LogP contribution >= 0.6 is 15.9 Å². The number of nitrogens with one attached hydrogen (secondary N) is 1. The van der Waals surface area contributed by atoms with Crippen molar-refractivity contribution in [2.24, 2.45) is 5.92 Å². The maximum absolute atomic E-state index is 5.77. The number of nitrogens with zero attached hydrogens (tertiary/aromatic N) is 2. The molecule has 0 amide bonds. The van der Waals surface area contributed by atoms with Crippen molar-refractivity contribution in [2.45, 2.75) is 19.8 Å². The van der Waals surface area contributed by atoms with Crippen molar-refractivity contribution in [1.29, 1.82) is 0 Å². The molecule has 1 aliphatic heterocycles. The Morgan fingerprint density at radius 3 is 3.00 bits per heavy atom. The maximum Gasteiger partial charge on any atom is 0.232 e. The van der Waals surface area contributed by atoms with Crippen molar-refractivity contribution in [1.82, 2.24) is 9.97 Å². The van der Waals surface area contributed by atoms with Crippen LogP contribution in [0.2, 0.25) is 0 Å². The Morgan fingerprint density at radius 1 is 1.50 bits per heavy atom. The van der Waals surface area contributed by atoms with Gasteiger partial charge in [0.15, 0.2) is 0 Å². The Balaban J connectivity index is 1.92. The lowest BCUT2D eigenvalue weighted by Gasteiger charge is -2.22. The molecule has 1 fully saturated rings. The molecule has 1 aromatic heterocycles. The third-order valence-corrected chi connectivity index (χ3v) is 3.39. The number of hydrogen-bond donors (Lipinski definition) is 1. The van der Waals surface area contributed by atoms with E-state index in [1.54, 1.807) is 6.20 Å². The quantitative estimate of drug-likeness (QED) is 0.904. The molecule has 2 heterocycles. The van der Waals surface area contributed by atoms with E-state index in [0.29, 0.717) is 24.4 Å². The number of hydrogen-bond acceptors (Lipinski definition) is 5. The fourth-order valence-electron chi connectivity index (χ4n) is 1.81. The molecule has 6 heteroatoms. The van der Waals surface area contributed by atoms with E-state index in [0.717, 1.165) is 37.1 Å². The average Bonchev–Trinajstić information content (AvgIpc) is 2.41. The molecule has 2 rings (SSSR count). The fourth-order valence-corrected chi connectivity index (χ4v) is 2.11. The Bertz CT molecular complexity index is 384. The minimum absolute atomic E-state index is 0.559. The number of halogens is 1. The zero-order chi connectivity index (χ0) is 12.8. The Kier molecular flexibility index (Phi) is 5.19. The lowest BCUT2D eigenvalue weighted by Crippen LogP contribution is -2.21. The van der Waals surface area contributed by atoms with Gasteiger partial charge in [-0.25, -0.2) is 4.98 Å². The van der Waals surface area contributed by atoms with E-state index in [4.69, 9.17) is 9.47 Å². The summed E-state index contributed by atoms with van der Waals surface area (Å²) in [5, 5.41) is 3.07. The van der Waals surface area contributed by atoms with E-state index in [-0.39, 0.29) is 0 Å². The van der Waals surface area contributed by atoms with E-state index in [1.807, 2.05) is 6.92 Å². The molecular formula is C12H18BrN3O2.